The molecule has 0 fully saturated rings. The number of nitrogens with zero attached hydrogens (tertiary/aromatic N) is 2. The molecule has 0 radical (unpaired) electrons. The van der Waals surface area contributed by atoms with Crippen LogP contribution in [0.3, 0.4) is 0 Å². The van der Waals surface area contributed by atoms with Crippen LogP contribution in [0.15, 0.2) is 59.3 Å². The first-order chi connectivity index (χ1) is 12.5. The monoisotopic (exact) mass is 350 g/mol. The third-order valence-electron chi connectivity index (χ3n) is 4.85. The van der Waals surface area contributed by atoms with Crippen LogP contribution >= 0.6 is 0 Å². The predicted molar refractivity (Wildman–Crippen MR) is 106 cm³/mol. The molecule has 0 saturated heterocycles. The Bertz CT molecular complexity index is 800. The number of methoxy groups -OCH3 is 1. The van der Waals surface area contributed by atoms with Gasteiger partial charge in [-0.25, -0.2) is 4.99 Å². The minimum Gasteiger partial charge on any atom is -0.469 e. The summed E-state index contributed by atoms with van der Waals surface area (Å²) in [7, 11) is 1.46. The second-order valence-corrected chi connectivity index (χ2v) is 6.91. The molecule has 0 bridgehead atoms. The number of rotatable bonds is 5. The number of esters is 1. The molecule has 1 aromatic rings. The number of fused-ring (bicyclic) bond motifs is 1. The minimum absolute atomic E-state index is 0.105. The second kappa shape index (κ2) is 7.73. The maximum atomic E-state index is 12.5. The lowest BCUT2D eigenvalue weighted by atomic mass is 9.90. The van der Waals surface area contributed by atoms with E-state index in [1.54, 1.807) is 0 Å². The Labute approximate surface area is 155 Å². The van der Waals surface area contributed by atoms with Crippen molar-refractivity contribution in [1.29, 1.82) is 0 Å². The van der Waals surface area contributed by atoms with Crippen molar-refractivity contribution in [1.82, 2.24) is 4.90 Å². The summed E-state index contributed by atoms with van der Waals surface area (Å²) >= 11 is 0. The third kappa shape index (κ3) is 3.64. The summed E-state index contributed by atoms with van der Waals surface area (Å²) < 4.78 is 5.11. The van der Waals surface area contributed by atoms with Crippen LogP contribution in [0.1, 0.15) is 37.8 Å². The van der Waals surface area contributed by atoms with Crippen LogP contribution in [0.2, 0.25) is 0 Å². The van der Waals surface area contributed by atoms with Crippen molar-refractivity contribution in [3.8, 4) is 0 Å². The van der Waals surface area contributed by atoms with Gasteiger partial charge >= 0.3 is 5.97 Å². The smallest absolute Gasteiger partial charge is 0.311 e. The second-order valence-electron chi connectivity index (χ2n) is 6.91. The molecular weight excluding hydrogens is 324 g/mol. The molecule has 1 aromatic carbocycles. The Morgan fingerprint density at radius 3 is 2.62 bits per heavy atom. The zero-order valence-electron chi connectivity index (χ0n) is 15.9. The molecule has 4 heteroatoms. The van der Waals surface area contributed by atoms with Crippen molar-refractivity contribution in [2.45, 2.75) is 39.7 Å². The molecular formula is C22H26N2O2. The lowest BCUT2D eigenvalue weighted by molar-refractivity contribution is -0.146. The van der Waals surface area contributed by atoms with Crippen molar-refractivity contribution < 1.29 is 9.53 Å². The first kappa shape index (κ1) is 18.2. The Morgan fingerprint density at radius 1 is 1.23 bits per heavy atom. The number of ether oxygens (including phenoxy) is 1. The fraction of sp³-hybridized carbons (Fsp3) is 0.364. The van der Waals surface area contributed by atoms with Crippen LogP contribution in [-0.2, 0) is 9.53 Å². The molecule has 2 aliphatic rings. The summed E-state index contributed by atoms with van der Waals surface area (Å²) in [5, 5.41) is 0. The molecule has 0 amide bonds. The molecule has 26 heavy (non-hydrogen) atoms. The molecule has 2 aliphatic heterocycles. The normalized spacial score (nSPS) is 19.9. The van der Waals surface area contributed by atoms with Gasteiger partial charge in [0.2, 0.25) is 0 Å². The van der Waals surface area contributed by atoms with Crippen LogP contribution in [0.25, 0.3) is 5.70 Å². The van der Waals surface area contributed by atoms with Gasteiger partial charge < -0.3 is 9.64 Å². The van der Waals surface area contributed by atoms with Crippen LogP contribution in [-0.4, -0.2) is 29.9 Å². The highest BCUT2D eigenvalue weighted by Gasteiger charge is 2.35. The summed E-state index contributed by atoms with van der Waals surface area (Å²) in [6.07, 6.45) is 9.94. The molecule has 0 spiro atoms. The van der Waals surface area contributed by atoms with Crippen LogP contribution < -0.4 is 0 Å². The van der Waals surface area contributed by atoms with E-state index in [-0.39, 0.29) is 17.9 Å². The average Bonchev–Trinajstić information content (AvgIpc) is 2.65. The fourth-order valence-corrected chi connectivity index (χ4v) is 3.44. The Balaban J connectivity index is 2.06. The molecule has 0 N–H and O–H groups in total. The summed E-state index contributed by atoms with van der Waals surface area (Å²) in [6.45, 7) is 6.22. The highest BCUT2D eigenvalue weighted by molar-refractivity contribution is 6.01. The molecule has 0 aliphatic carbocycles. The number of aliphatic imine (C=N–C) groups is 1. The average molecular weight is 350 g/mol. The number of allylic oxidation sites excluding steroid dienone is 2. The van der Waals surface area contributed by atoms with Crippen LogP contribution in [0.5, 0.6) is 0 Å². The molecule has 0 aromatic heterocycles. The minimum atomic E-state index is -0.230. The maximum Gasteiger partial charge on any atom is 0.311 e. The molecule has 2 unspecified atom stereocenters. The van der Waals surface area contributed by atoms with Gasteiger partial charge in [0.1, 0.15) is 5.84 Å². The predicted octanol–water partition coefficient (Wildman–Crippen LogP) is 4.48. The zero-order chi connectivity index (χ0) is 18.7. The van der Waals surface area contributed by atoms with Gasteiger partial charge in [-0.2, -0.15) is 0 Å². The maximum absolute atomic E-state index is 12.5. The SMILES string of the molecule is CCCC(C(=O)OC)C1C=C(c2ccc(C)cc2)N=C2C=CC(C)=CN21. The van der Waals surface area contributed by atoms with Gasteiger partial charge in [0, 0.05) is 6.20 Å². The van der Waals surface area contributed by atoms with E-state index >= 15 is 0 Å². The van der Waals surface area contributed by atoms with Gasteiger partial charge in [0.25, 0.3) is 0 Å². The van der Waals surface area contributed by atoms with E-state index in [9.17, 15) is 4.79 Å². The number of carbonyl (C=O) groups is 1. The highest BCUT2D eigenvalue weighted by Crippen LogP contribution is 2.32. The topological polar surface area (TPSA) is 41.9 Å². The largest absolute Gasteiger partial charge is 0.469 e. The standard InChI is InChI=1S/C22H26N2O2/c1-5-6-18(22(25)26-4)20-13-19(17-10-7-15(2)8-11-17)23-21-12-9-16(3)14-24(20)21/h7-14,18,20H,5-6H2,1-4H3. The Morgan fingerprint density at radius 2 is 1.96 bits per heavy atom. The summed E-state index contributed by atoms with van der Waals surface area (Å²) in [5.41, 5.74) is 4.32. The van der Waals surface area contributed by atoms with Crippen molar-refractivity contribution in [3.05, 3.63) is 65.4 Å². The van der Waals surface area contributed by atoms with Crippen molar-refractivity contribution in [2.75, 3.05) is 7.11 Å². The van der Waals surface area contributed by atoms with Crippen molar-refractivity contribution >= 4 is 17.5 Å². The summed E-state index contributed by atoms with van der Waals surface area (Å²) in [6, 6.07) is 8.23. The van der Waals surface area contributed by atoms with E-state index < -0.39 is 0 Å². The molecule has 2 atom stereocenters. The van der Waals surface area contributed by atoms with Gasteiger partial charge in [0.15, 0.2) is 0 Å². The van der Waals surface area contributed by atoms with E-state index in [2.05, 4.69) is 68.3 Å². The van der Waals surface area contributed by atoms with Crippen LogP contribution in [0.4, 0.5) is 0 Å². The summed E-state index contributed by atoms with van der Waals surface area (Å²) in [4.78, 5) is 19.4. The fourth-order valence-electron chi connectivity index (χ4n) is 3.44. The Kier molecular flexibility index (Phi) is 5.40. The number of benzene rings is 1. The lowest BCUT2D eigenvalue weighted by Gasteiger charge is -2.37. The third-order valence-corrected chi connectivity index (χ3v) is 4.85. The van der Waals surface area contributed by atoms with E-state index in [1.807, 2.05) is 6.08 Å². The van der Waals surface area contributed by atoms with E-state index in [4.69, 9.17) is 9.73 Å². The van der Waals surface area contributed by atoms with Gasteiger partial charge in [0.05, 0.1) is 24.8 Å². The molecule has 3 rings (SSSR count). The first-order valence-corrected chi connectivity index (χ1v) is 9.13. The number of hydrogen-bond donors (Lipinski definition) is 0. The number of carbonyl (C=O) groups excluding carboxylic acids is 1. The van der Waals surface area contributed by atoms with E-state index in [1.165, 1.54) is 12.7 Å². The van der Waals surface area contributed by atoms with E-state index in [0.717, 1.165) is 35.5 Å². The quantitative estimate of drug-likeness (QED) is 0.735. The van der Waals surface area contributed by atoms with Gasteiger partial charge in [-0.05, 0) is 43.6 Å². The zero-order valence-corrected chi connectivity index (χ0v) is 15.9. The Hall–Kier alpha value is -2.62. The summed E-state index contributed by atoms with van der Waals surface area (Å²) in [5.74, 6) is 0.466. The van der Waals surface area contributed by atoms with Gasteiger partial charge in [-0.15, -0.1) is 0 Å². The van der Waals surface area contributed by atoms with Crippen molar-refractivity contribution in [2.24, 2.45) is 10.9 Å². The van der Waals surface area contributed by atoms with Gasteiger partial charge in [-0.1, -0.05) is 49.2 Å². The van der Waals surface area contributed by atoms with Crippen LogP contribution in [0, 0.1) is 12.8 Å². The number of hydrogen-bond acceptors (Lipinski definition) is 4. The molecule has 136 valence electrons. The number of aryl methyl sites for hydroxylation is 1. The van der Waals surface area contributed by atoms with E-state index in [0.29, 0.717) is 0 Å². The van der Waals surface area contributed by atoms with Crippen molar-refractivity contribution in [3.63, 3.8) is 0 Å². The lowest BCUT2D eigenvalue weighted by Crippen LogP contribution is -2.45. The molecule has 4 nitrogen and oxygen atoms in total. The first-order valence-electron chi connectivity index (χ1n) is 9.13. The molecule has 0 saturated carbocycles. The number of amidine groups is 1. The molecule has 2 heterocycles. The van der Waals surface area contributed by atoms with Gasteiger partial charge in [-0.3, -0.25) is 4.79 Å². The highest BCUT2D eigenvalue weighted by atomic mass is 16.5.